The molecule has 1 aliphatic rings. The van der Waals surface area contributed by atoms with E-state index in [1.165, 1.54) is 0 Å². The van der Waals surface area contributed by atoms with Crippen LogP contribution in [-0.4, -0.2) is 49.2 Å². The first kappa shape index (κ1) is 12.0. The number of carboxylic acid groups (broad SMARTS) is 1. The number of fused-ring (bicyclic) bond motifs is 1. The van der Waals surface area contributed by atoms with E-state index in [1.54, 1.807) is 6.07 Å². The van der Waals surface area contributed by atoms with Crippen LogP contribution in [0, 0.1) is 0 Å². The average molecular weight is 260 g/mol. The topological polar surface area (TPSA) is 56.9 Å². The maximum atomic E-state index is 10.9. The van der Waals surface area contributed by atoms with Gasteiger partial charge in [0.25, 0.3) is 0 Å². The summed E-state index contributed by atoms with van der Waals surface area (Å²) >= 11 is 0. The highest BCUT2D eigenvalue weighted by atomic mass is 16.4. The lowest BCUT2D eigenvalue weighted by Gasteiger charge is -2.33. The highest BCUT2D eigenvalue weighted by Crippen LogP contribution is 2.25. The molecule has 0 spiro atoms. The molecule has 0 aliphatic carbocycles. The van der Waals surface area contributed by atoms with Crippen molar-refractivity contribution in [2.45, 2.75) is 0 Å². The minimum atomic E-state index is -1.03. The molecule has 0 radical (unpaired) electrons. The zero-order valence-corrected chi connectivity index (χ0v) is 10.8. The van der Waals surface area contributed by atoms with E-state index in [9.17, 15) is 4.79 Å². The highest BCUT2D eigenvalue weighted by Gasteiger charge is 2.16. The molecule has 5 nitrogen and oxygen atoms in total. The third-order valence-corrected chi connectivity index (χ3v) is 3.58. The van der Waals surface area contributed by atoms with Gasteiger partial charge in [0.15, 0.2) is 0 Å². The molecule has 3 rings (SSSR count). The first-order valence-corrected chi connectivity index (χ1v) is 6.34. The Labute approximate surface area is 111 Å². The molecule has 1 aromatic carbocycles. The molecule has 2 heterocycles. The van der Waals surface area contributed by atoms with E-state index in [1.807, 2.05) is 18.2 Å². The van der Waals surface area contributed by atoms with Crippen LogP contribution in [0.5, 0.6) is 0 Å². The van der Waals surface area contributed by atoms with Crippen LogP contribution in [0.2, 0.25) is 0 Å². The number of likely N-dealkylation sites (N-methyl/N-ethyl adjacent to an activating group) is 1. The molecule has 1 saturated heterocycles. The molecule has 1 aliphatic heterocycles. The number of rotatable bonds is 2. The summed E-state index contributed by atoms with van der Waals surface area (Å²) in [6.07, 6.45) is 0. The Morgan fingerprint density at radius 3 is 2.63 bits per heavy atom. The number of carboxylic acids is 1. The third kappa shape index (κ3) is 2.29. The Morgan fingerprint density at radius 1 is 1.21 bits per heavy atom. The lowest BCUT2D eigenvalue weighted by atomic mass is 10.2. The Morgan fingerprint density at radius 2 is 1.95 bits per heavy atom. The number of nitrogens with zero attached hydrogens (tertiary/aromatic N) is 2. The fourth-order valence-electron chi connectivity index (χ4n) is 2.39. The van der Waals surface area contributed by atoms with Crippen molar-refractivity contribution in [3.05, 3.63) is 30.0 Å². The zero-order valence-electron chi connectivity index (χ0n) is 10.8. The van der Waals surface area contributed by atoms with E-state index in [-0.39, 0.29) is 5.76 Å². The maximum Gasteiger partial charge on any atom is 0.371 e. The van der Waals surface area contributed by atoms with Crippen molar-refractivity contribution in [1.29, 1.82) is 0 Å². The number of furan rings is 1. The molecule has 1 fully saturated rings. The van der Waals surface area contributed by atoms with Gasteiger partial charge in [0.1, 0.15) is 5.58 Å². The largest absolute Gasteiger partial charge is 0.475 e. The molecule has 100 valence electrons. The van der Waals surface area contributed by atoms with E-state index < -0.39 is 5.97 Å². The van der Waals surface area contributed by atoms with Gasteiger partial charge >= 0.3 is 5.97 Å². The maximum absolute atomic E-state index is 10.9. The van der Waals surface area contributed by atoms with Crippen molar-refractivity contribution in [1.82, 2.24) is 4.90 Å². The van der Waals surface area contributed by atoms with Gasteiger partial charge in [-0.3, -0.25) is 0 Å². The molecule has 0 unspecified atom stereocenters. The van der Waals surface area contributed by atoms with Crippen molar-refractivity contribution in [2.24, 2.45) is 0 Å². The number of carbonyl (C=O) groups is 1. The Kier molecular flexibility index (Phi) is 2.91. The van der Waals surface area contributed by atoms with E-state index in [0.29, 0.717) is 5.58 Å². The van der Waals surface area contributed by atoms with Crippen LogP contribution in [0.3, 0.4) is 0 Å². The van der Waals surface area contributed by atoms with Gasteiger partial charge in [-0.15, -0.1) is 0 Å². The molecule has 1 aromatic heterocycles. The van der Waals surface area contributed by atoms with E-state index >= 15 is 0 Å². The number of hydrogen-bond donors (Lipinski definition) is 1. The van der Waals surface area contributed by atoms with Crippen LogP contribution >= 0.6 is 0 Å². The van der Waals surface area contributed by atoms with Crippen molar-refractivity contribution in [2.75, 3.05) is 38.1 Å². The number of aromatic carboxylic acids is 1. The molecule has 19 heavy (non-hydrogen) atoms. The quantitative estimate of drug-likeness (QED) is 0.893. The number of hydrogen-bond acceptors (Lipinski definition) is 4. The summed E-state index contributed by atoms with van der Waals surface area (Å²) in [6.45, 7) is 4.04. The Balaban J connectivity index is 1.90. The molecular weight excluding hydrogens is 244 g/mol. The SMILES string of the molecule is CN1CCN(c2ccc3cc(C(=O)O)oc3c2)CC1. The number of benzene rings is 1. The highest BCUT2D eigenvalue weighted by molar-refractivity contribution is 5.92. The zero-order chi connectivity index (χ0) is 13.4. The third-order valence-electron chi connectivity index (χ3n) is 3.58. The van der Waals surface area contributed by atoms with Crippen molar-refractivity contribution >= 4 is 22.6 Å². The predicted octanol–water partition coefficient (Wildman–Crippen LogP) is 1.88. The minimum absolute atomic E-state index is 0.00877. The summed E-state index contributed by atoms with van der Waals surface area (Å²) in [4.78, 5) is 15.5. The van der Waals surface area contributed by atoms with E-state index in [4.69, 9.17) is 9.52 Å². The van der Waals surface area contributed by atoms with E-state index in [0.717, 1.165) is 37.3 Å². The van der Waals surface area contributed by atoms with Crippen LogP contribution < -0.4 is 4.90 Å². The Bertz CT molecular complexity index is 612. The Hall–Kier alpha value is -2.01. The molecule has 1 N–H and O–H groups in total. The lowest BCUT2D eigenvalue weighted by Crippen LogP contribution is -2.44. The predicted molar refractivity (Wildman–Crippen MR) is 72.9 cm³/mol. The summed E-state index contributed by atoms with van der Waals surface area (Å²) in [5, 5.41) is 9.75. The molecule has 0 bridgehead atoms. The monoisotopic (exact) mass is 260 g/mol. The minimum Gasteiger partial charge on any atom is -0.475 e. The van der Waals surface area contributed by atoms with Crippen LogP contribution in [0.25, 0.3) is 11.0 Å². The van der Waals surface area contributed by atoms with Gasteiger partial charge in [0.2, 0.25) is 5.76 Å². The summed E-state index contributed by atoms with van der Waals surface area (Å²) < 4.78 is 5.35. The van der Waals surface area contributed by atoms with Gasteiger partial charge in [-0.1, -0.05) is 0 Å². The van der Waals surface area contributed by atoms with Crippen molar-refractivity contribution < 1.29 is 14.3 Å². The van der Waals surface area contributed by atoms with E-state index in [2.05, 4.69) is 16.8 Å². The second-order valence-corrected chi connectivity index (χ2v) is 4.93. The van der Waals surface area contributed by atoms with Crippen molar-refractivity contribution in [3.63, 3.8) is 0 Å². The molecule has 2 aromatic rings. The fraction of sp³-hybridized carbons (Fsp3) is 0.357. The second-order valence-electron chi connectivity index (χ2n) is 4.93. The molecule has 5 heteroatoms. The molecule has 0 saturated carbocycles. The number of piperazine rings is 1. The molecule has 0 atom stereocenters. The molecular formula is C14H16N2O3. The first-order valence-electron chi connectivity index (χ1n) is 6.34. The van der Waals surface area contributed by atoms with Gasteiger partial charge < -0.3 is 19.3 Å². The first-order chi connectivity index (χ1) is 9.13. The summed E-state index contributed by atoms with van der Waals surface area (Å²) in [5.74, 6) is -1.04. The smallest absolute Gasteiger partial charge is 0.371 e. The second kappa shape index (κ2) is 4.59. The van der Waals surface area contributed by atoms with Crippen LogP contribution in [0.4, 0.5) is 5.69 Å². The van der Waals surface area contributed by atoms with Crippen molar-refractivity contribution in [3.8, 4) is 0 Å². The number of anilines is 1. The lowest BCUT2D eigenvalue weighted by molar-refractivity contribution is 0.0665. The van der Waals surface area contributed by atoms with Gasteiger partial charge in [-0.05, 0) is 25.2 Å². The summed E-state index contributed by atoms with van der Waals surface area (Å²) in [6, 6.07) is 7.42. The normalized spacial score (nSPS) is 17.0. The fourth-order valence-corrected chi connectivity index (χ4v) is 2.39. The van der Waals surface area contributed by atoms with Crippen LogP contribution in [0.15, 0.2) is 28.7 Å². The summed E-state index contributed by atoms with van der Waals surface area (Å²) in [5.41, 5.74) is 1.72. The van der Waals surface area contributed by atoms with Crippen LogP contribution in [0.1, 0.15) is 10.6 Å². The van der Waals surface area contributed by atoms with Gasteiger partial charge in [0, 0.05) is 43.3 Å². The molecule has 0 amide bonds. The van der Waals surface area contributed by atoms with Gasteiger partial charge in [-0.25, -0.2) is 4.79 Å². The average Bonchev–Trinajstić information content (AvgIpc) is 2.82. The van der Waals surface area contributed by atoms with Gasteiger partial charge in [0.05, 0.1) is 0 Å². The summed E-state index contributed by atoms with van der Waals surface area (Å²) in [7, 11) is 2.12. The van der Waals surface area contributed by atoms with Gasteiger partial charge in [-0.2, -0.15) is 0 Å². The standard InChI is InChI=1S/C14H16N2O3/c1-15-4-6-16(7-5-15)11-3-2-10-8-13(14(17)18)19-12(10)9-11/h2-3,8-9H,4-7H2,1H3,(H,17,18). The van der Waals surface area contributed by atoms with Crippen LogP contribution in [-0.2, 0) is 0 Å².